The predicted molar refractivity (Wildman–Crippen MR) is 68.3 cm³/mol. The first-order valence-electron chi connectivity index (χ1n) is 4.91. The molecule has 0 saturated carbocycles. The minimum atomic E-state index is -1.29. The highest BCUT2D eigenvalue weighted by atomic mass is 35.5. The Kier molecular flexibility index (Phi) is 3.73. The van der Waals surface area contributed by atoms with Gasteiger partial charge in [-0.05, 0) is 6.07 Å². The zero-order valence-electron chi connectivity index (χ0n) is 9.15. The molecule has 0 spiro atoms. The summed E-state index contributed by atoms with van der Waals surface area (Å²) in [5, 5.41) is 2.60. The molecule has 2 rings (SSSR count). The molecule has 2 aromatic rings. The molecule has 0 atom stereocenters. The van der Waals surface area contributed by atoms with E-state index in [-0.39, 0.29) is 27.4 Å². The second-order valence-corrected chi connectivity index (χ2v) is 4.37. The van der Waals surface area contributed by atoms with Crippen LogP contribution in [0.1, 0.15) is 0 Å². The summed E-state index contributed by atoms with van der Waals surface area (Å²) in [4.78, 5) is 3.78. The molecular weight excluding hydrogens is 302 g/mol. The normalized spacial score (nSPS) is 10.6. The first-order valence-corrected chi connectivity index (χ1v) is 5.67. The molecule has 0 bridgehead atoms. The van der Waals surface area contributed by atoms with Crippen molar-refractivity contribution >= 4 is 40.5 Å². The molecule has 3 N–H and O–H groups in total. The summed E-state index contributed by atoms with van der Waals surface area (Å²) in [5.74, 6) is -3.55. The number of nitrogens with one attached hydrogen (secondary N) is 1. The van der Waals surface area contributed by atoms with E-state index in [2.05, 4.69) is 10.3 Å². The van der Waals surface area contributed by atoms with Crippen molar-refractivity contribution in [3.05, 3.63) is 45.7 Å². The van der Waals surface area contributed by atoms with Gasteiger partial charge in [0.05, 0.1) is 15.7 Å². The molecule has 19 heavy (non-hydrogen) atoms. The lowest BCUT2D eigenvalue weighted by atomic mass is 10.2. The number of pyridine rings is 1. The average Bonchev–Trinajstić information content (AvgIpc) is 2.32. The van der Waals surface area contributed by atoms with Gasteiger partial charge in [-0.2, -0.15) is 0 Å². The van der Waals surface area contributed by atoms with Gasteiger partial charge in [-0.1, -0.05) is 23.2 Å². The third-order valence-electron chi connectivity index (χ3n) is 2.22. The largest absolute Gasteiger partial charge is 0.382 e. The summed E-state index contributed by atoms with van der Waals surface area (Å²) >= 11 is 11.5. The lowest BCUT2D eigenvalue weighted by Crippen LogP contribution is -2.02. The summed E-state index contributed by atoms with van der Waals surface area (Å²) < 4.78 is 39.2. The van der Waals surface area contributed by atoms with Crippen molar-refractivity contribution in [2.45, 2.75) is 0 Å². The minimum Gasteiger partial charge on any atom is -0.382 e. The number of halogens is 5. The minimum absolute atomic E-state index is 0.0199. The lowest BCUT2D eigenvalue weighted by Gasteiger charge is -2.10. The highest BCUT2D eigenvalue weighted by Crippen LogP contribution is 2.30. The summed E-state index contributed by atoms with van der Waals surface area (Å²) in [6, 6.07) is 2.35. The van der Waals surface area contributed by atoms with E-state index in [0.29, 0.717) is 12.1 Å². The van der Waals surface area contributed by atoms with Crippen LogP contribution in [0.3, 0.4) is 0 Å². The average molecular weight is 308 g/mol. The molecule has 1 aromatic carbocycles. The summed E-state index contributed by atoms with van der Waals surface area (Å²) in [6.45, 7) is 0. The van der Waals surface area contributed by atoms with Crippen LogP contribution < -0.4 is 11.1 Å². The van der Waals surface area contributed by atoms with Crippen LogP contribution in [0.15, 0.2) is 18.2 Å². The summed E-state index contributed by atoms with van der Waals surface area (Å²) in [5.41, 5.74) is 5.14. The zero-order valence-corrected chi connectivity index (χ0v) is 10.7. The summed E-state index contributed by atoms with van der Waals surface area (Å²) in [6.07, 6.45) is 0. The number of anilines is 3. The fraction of sp³-hybridized carbons (Fsp3) is 0. The molecule has 0 fully saturated rings. The van der Waals surface area contributed by atoms with Crippen molar-refractivity contribution in [3.63, 3.8) is 0 Å². The fourth-order valence-corrected chi connectivity index (χ4v) is 1.72. The van der Waals surface area contributed by atoms with E-state index in [1.165, 1.54) is 6.07 Å². The molecule has 0 unspecified atom stereocenters. The Hall–Kier alpha value is -1.66. The van der Waals surface area contributed by atoms with Crippen LogP contribution in [-0.4, -0.2) is 4.98 Å². The molecule has 3 nitrogen and oxygen atoms in total. The molecule has 0 amide bonds. The Morgan fingerprint density at radius 1 is 0.947 bits per heavy atom. The van der Waals surface area contributed by atoms with E-state index < -0.39 is 17.5 Å². The highest BCUT2D eigenvalue weighted by Gasteiger charge is 2.13. The Labute approximate surface area is 116 Å². The van der Waals surface area contributed by atoms with Gasteiger partial charge in [0, 0.05) is 12.1 Å². The Morgan fingerprint density at radius 3 is 2.26 bits per heavy atom. The van der Waals surface area contributed by atoms with Crippen LogP contribution in [0.5, 0.6) is 0 Å². The lowest BCUT2D eigenvalue weighted by molar-refractivity contribution is 0.496. The van der Waals surface area contributed by atoms with E-state index >= 15 is 0 Å². The molecule has 1 aromatic heterocycles. The number of benzene rings is 1. The Morgan fingerprint density at radius 2 is 1.58 bits per heavy atom. The zero-order chi connectivity index (χ0) is 14.2. The maximum atomic E-state index is 13.4. The maximum Gasteiger partial charge on any atom is 0.161 e. The van der Waals surface area contributed by atoms with Gasteiger partial charge in [-0.25, -0.2) is 18.2 Å². The van der Waals surface area contributed by atoms with Crippen molar-refractivity contribution in [3.8, 4) is 0 Å². The van der Waals surface area contributed by atoms with Gasteiger partial charge in [0.25, 0.3) is 0 Å². The molecular formula is C11H6Cl2F3N3. The van der Waals surface area contributed by atoms with Crippen LogP contribution in [0.4, 0.5) is 30.5 Å². The van der Waals surface area contributed by atoms with Gasteiger partial charge >= 0.3 is 0 Å². The molecule has 8 heteroatoms. The summed E-state index contributed by atoms with van der Waals surface area (Å²) in [7, 11) is 0. The molecule has 0 saturated heterocycles. The van der Waals surface area contributed by atoms with E-state index in [0.717, 1.165) is 0 Å². The molecule has 0 aliphatic carbocycles. The quantitative estimate of drug-likeness (QED) is 0.820. The smallest absolute Gasteiger partial charge is 0.161 e. The first kappa shape index (κ1) is 13.8. The van der Waals surface area contributed by atoms with E-state index in [1.807, 2.05) is 0 Å². The number of rotatable bonds is 2. The van der Waals surface area contributed by atoms with Gasteiger partial charge < -0.3 is 11.1 Å². The second-order valence-electron chi connectivity index (χ2n) is 3.56. The highest BCUT2D eigenvalue weighted by molar-refractivity contribution is 6.37. The number of nitrogens with zero attached hydrogens (tertiary/aromatic N) is 1. The number of aromatic nitrogens is 1. The van der Waals surface area contributed by atoms with Gasteiger partial charge in [-0.3, -0.25) is 0 Å². The van der Waals surface area contributed by atoms with Gasteiger partial charge in [-0.15, -0.1) is 0 Å². The molecule has 100 valence electrons. The van der Waals surface area contributed by atoms with Gasteiger partial charge in [0.1, 0.15) is 11.6 Å². The predicted octanol–water partition coefficient (Wildman–Crippen LogP) is 4.13. The molecule has 1 heterocycles. The van der Waals surface area contributed by atoms with Crippen molar-refractivity contribution in [2.24, 2.45) is 0 Å². The SMILES string of the molecule is Nc1nc(Nc2cc(F)c(F)cc2F)c(Cl)cc1Cl. The number of hydrogen-bond acceptors (Lipinski definition) is 3. The first-order chi connectivity index (χ1) is 8.88. The number of hydrogen-bond donors (Lipinski definition) is 2. The third kappa shape index (κ3) is 2.85. The van der Waals surface area contributed by atoms with Crippen molar-refractivity contribution < 1.29 is 13.2 Å². The van der Waals surface area contributed by atoms with Gasteiger partial charge in [0.15, 0.2) is 17.5 Å². The van der Waals surface area contributed by atoms with Crippen molar-refractivity contribution in [1.29, 1.82) is 0 Å². The monoisotopic (exact) mass is 307 g/mol. The molecule has 0 aliphatic heterocycles. The molecule has 0 aliphatic rings. The van der Waals surface area contributed by atoms with Crippen LogP contribution in [-0.2, 0) is 0 Å². The number of nitrogens with two attached hydrogens (primary N) is 1. The van der Waals surface area contributed by atoms with Crippen LogP contribution >= 0.6 is 23.2 Å². The van der Waals surface area contributed by atoms with Crippen molar-refractivity contribution in [2.75, 3.05) is 11.1 Å². The van der Waals surface area contributed by atoms with Crippen LogP contribution in [0.2, 0.25) is 10.0 Å². The van der Waals surface area contributed by atoms with Gasteiger partial charge in [0.2, 0.25) is 0 Å². The third-order valence-corrected chi connectivity index (χ3v) is 2.81. The number of nitrogen functional groups attached to an aromatic ring is 1. The van der Waals surface area contributed by atoms with Crippen LogP contribution in [0.25, 0.3) is 0 Å². The fourth-order valence-electron chi connectivity index (χ4n) is 1.31. The van der Waals surface area contributed by atoms with E-state index in [9.17, 15) is 13.2 Å². The topological polar surface area (TPSA) is 50.9 Å². The Balaban J connectivity index is 2.42. The van der Waals surface area contributed by atoms with E-state index in [4.69, 9.17) is 28.9 Å². The Bertz CT molecular complexity index is 594. The maximum absolute atomic E-state index is 13.4. The van der Waals surface area contributed by atoms with Crippen LogP contribution in [0, 0.1) is 17.5 Å². The molecule has 0 radical (unpaired) electrons. The van der Waals surface area contributed by atoms with Crippen molar-refractivity contribution in [1.82, 2.24) is 4.98 Å². The van der Waals surface area contributed by atoms with E-state index in [1.54, 1.807) is 0 Å². The standard InChI is InChI=1S/C11H6Cl2F3N3/c12-4-1-5(13)11(19-10(4)17)18-9-3-7(15)6(14)2-8(9)16/h1-3H,(H3,17,18,19). The second kappa shape index (κ2) is 5.14.